The summed E-state index contributed by atoms with van der Waals surface area (Å²) in [5.74, 6) is -2.74. The van der Waals surface area contributed by atoms with Gasteiger partial charge in [0.2, 0.25) is 11.8 Å². The fourth-order valence-corrected chi connectivity index (χ4v) is 2.48. The number of halogens is 2. The molecule has 6 heteroatoms. The first-order valence-electron chi connectivity index (χ1n) is 7.91. The highest BCUT2D eigenvalue weighted by Gasteiger charge is 2.18. The number of carbonyl (C=O) groups is 2. The number of nitrogens with one attached hydrogen (secondary N) is 1. The summed E-state index contributed by atoms with van der Waals surface area (Å²) in [5, 5.41) is 2.77. The van der Waals surface area contributed by atoms with Gasteiger partial charge in [-0.25, -0.2) is 8.78 Å². The third-order valence-corrected chi connectivity index (χ3v) is 3.75. The summed E-state index contributed by atoms with van der Waals surface area (Å²) in [6, 6.07) is 10.5. The van der Waals surface area contributed by atoms with E-state index in [-0.39, 0.29) is 18.2 Å². The molecule has 0 aliphatic rings. The van der Waals surface area contributed by atoms with Gasteiger partial charge in [-0.1, -0.05) is 32.0 Å². The van der Waals surface area contributed by atoms with Crippen LogP contribution < -0.4 is 10.2 Å². The predicted molar refractivity (Wildman–Crippen MR) is 93.5 cm³/mol. The number of hydrogen-bond acceptors (Lipinski definition) is 2. The molecule has 0 fully saturated rings. The molecule has 0 aliphatic carbocycles. The second kappa shape index (κ2) is 7.88. The summed E-state index contributed by atoms with van der Waals surface area (Å²) in [5.41, 5.74) is 1.76. The molecular formula is C19H20F2N2O2. The van der Waals surface area contributed by atoms with Gasteiger partial charge in [-0.15, -0.1) is 0 Å². The zero-order valence-corrected chi connectivity index (χ0v) is 14.3. The summed E-state index contributed by atoms with van der Waals surface area (Å²) < 4.78 is 26.5. The van der Waals surface area contributed by atoms with Crippen molar-refractivity contribution in [3.8, 4) is 0 Å². The van der Waals surface area contributed by atoms with Crippen LogP contribution in [0.25, 0.3) is 0 Å². The zero-order valence-electron chi connectivity index (χ0n) is 14.3. The van der Waals surface area contributed by atoms with Crippen molar-refractivity contribution in [2.24, 2.45) is 0 Å². The maximum Gasteiger partial charge on any atom is 0.244 e. The molecule has 2 aromatic rings. The van der Waals surface area contributed by atoms with Gasteiger partial charge < -0.3 is 10.2 Å². The van der Waals surface area contributed by atoms with Crippen molar-refractivity contribution in [2.45, 2.75) is 26.7 Å². The summed E-state index contributed by atoms with van der Waals surface area (Å²) in [7, 11) is 0. The van der Waals surface area contributed by atoms with Crippen molar-refractivity contribution in [1.82, 2.24) is 0 Å². The van der Waals surface area contributed by atoms with E-state index in [1.165, 1.54) is 13.0 Å². The van der Waals surface area contributed by atoms with Gasteiger partial charge in [0, 0.05) is 24.4 Å². The van der Waals surface area contributed by atoms with Crippen molar-refractivity contribution in [3.63, 3.8) is 0 Å². The summed E-state index contributed by atoms with van der Waals surface area (Å²) in [6.07, 6.45) is 0. The number of benzene rings is 2. The lowest BCUT2D eigenvalue weighted by molar-refractivity contribution is -0.120. The first-order chi connectivity index (χ1) is 11.8. The molecule has 0 radical (unpaired) electrons. The lowest BCUT2D eigenvalue weighted by Gasteiger charge is -2.21. The Morgan fingerprint density at radius 3 is 2.36 bits per heavy atom. The number of anilines is 2. The molecule has 0 bridgehead atoms. The SMILES string of the molecule is CC(=O)N(CC(=O)Nc1ccccc1C(C)C)c1ccc(F)c(F)c1. The Bertz CT molecular complexity index is 791. The van der Waals surface area contributed by atoms with Gasteiger partial charge in [-0.2, -0.15) is 0 Å². The normalized spacial score (nSPS) is 10.6. The maximum atomic E-state index is 13.4. The molecule has 0 spiro atoms. The Balaban J connectivity index is 2.19. The number of hydrogen-bond donors (Lipinski definition) is 1. The van der Waals surface area contributed by atoms with E-state index >= 15 is 0 Å². The number of carbonyl (C=O) groups excluding carboxylic acids is 2. The highest BCUT2D eigenvalue weighted by molar-refractivity contribution is 6.02. The van der Waals surface area contributed by atoms with Crippen LogP contribution in [0.2, 0.25) is 0 Å². The fraction of sp³-hybridized carbons (Fsp3) is 0.263. The van der Waals surface area contributed by atoms with Crippen LogP contribution in [0.15, 0.2) is 42.5 Å². The third kappa shape index (κ3) is 4.62. The molecule has 4 nitrogen and oxygen atoms in total. The molecule has 2 rings (SSSR count). The van der Waals surface area contributed by atoms with Gasteiger partial charge >= 0.3 is 0 Å². The lowest BCUT2D eigenvalue weighted by Crippen LogP contribution is -2.37. The maximum absolute atomic E-state index is 13.4. The minimum atomic E-state index is -1.07. The van der Waals surface area contributed by atoms with Gasteiger partial charge in [-0.3, -0.25) is 9.59 Å². The second-order valence-electron chi connectivity index (χ2n) is 5.99. The van der Waals surface area contributed by atoms with Crippen LogP contribution in [0.5, 0.6) is 0 Å². The molecule has 25 heavy (non-hydrogen) atoms. The smallest absolute Gasteiger partial charge is 0.244 e. The Labute approximate surface area is 145 Å². The number of rotatable bonds is 5. The number of nitrogens with zero attached hydrogens (tertiary/aromatic N) is 1. The Morgan fingerprint density at radius 2 is 1.76 bits per heavy atom. The highest BCUT2D eigenvalue weighted by Crippen LogP contribution is 2.24. The molecule has 2 aromatic carbocycles. The topological polar surface area (TPSA) is 49.4 Å². The second-order valence-corrected chi connectivity index (χ2v) is 5.99. The van der Waals surface area contributed by atoms with Crippen molar-refractivity contribution in [1.29, 1.82) is 0 Å². The summed E-state index contributed by atoms with van der Waals surface area (Å²) in [4.78, 5) is 25.3. The van der Waals surface area contributed by atoms with E-state index in [0.29, 0.717) is 5.69 Å². The zero-order chi connectivity index (χ0) is 18.6. The van der Waals surface area contributed by atoms with Crippen LogP contribution in [0.4, 0.5) is 20.2 Å². The first kappa shape index (κ1) is 18.6. The van der Waals surface area contributed by atoms with Gasteiger partial charge in [-0.05, 0) is 29.7 Å². The fourth-order valence-electron chi connectivity index (χ4n) is 2.48. The van der Waals surface area contributed by atoms with Crippen LogP contribution in [0.3, 0.4) is 0 Å². The van der Waals surface area contributed by atoms with Crippen LogP contribution in [0.1, 0.15) is 32.3 Å². The third-order valence-electron chi connectivity index (χ3n) is 3.75. The predicted octanol–water partition coefficient (Wildman–Crippen LogP) is 4.08. The average molecular weight is 346 g/mol. The Hall–Kier alpha value is -2.76. The molecule has 0 aromatic heterocycles. The van der Waals surface area contributed by atoms with Crippen molar-refractivity contribution in [2.75, 3.05) is 16.8 Å². The minimum absolute atomic E-state index is 0.124. The standard InChI is InChI=1S/C19H20F2N2O2/c1-12(2)15-6-4-5-7-18(15)22-19(25)11-23(13(3)24)14-8-9-16(20)17(21)10-14/h4-10,12H,11H2,1-3H3,(H,22,25). The number of para-hydroxylation sites is 1. The molecule has 0 saturated heterocycles. The molecule has 0 atom stereocenters. The van der Waals surface area contributed by atoms with Gasteiger partial charge in [0.05, 0.1) is 0 Å². The van der Waals surface area contributed by atoms with E-state index in [4.69, 9.17) is 0 Å². The summed E-state index contributed by atoms with van der Waals surface area (Å²) in [6.45, 7) is 4.98. The van der Waals surface area contributed by atoms with Crippen molar-refractivity contribution < 1.29 is 18.4 Å². The minimum Gasteiger partial charge on any atom is -0.324 e. The van der Waals surface area contributed by atoms with Gasteiger partial charge in [0.25, 0.3) is 0 Å². The van der Waals surface area contributed by atoms with E-state index < -0.39 is 23.4 Å². The largest absolute Gasteiger partial charge is 0.324 e. The molecular weight excluding hydrogens is 326 g/mol. The average Bonchev–Trinajstić information content (AvgIpc) is 2.55. The van der Waals surface area contributed by atoms with Gasteiger partial charge in [0.1, 0.15) is 6.54 Å². The summed E-state index contributed by atoms with van der Waals surface area (Å²) >= 11 is 0. The Morgan fingerprint density at radius 1 is 1.08 bits per heavy atom. The van der Waals surface area contributed by atoms with Crippen LogP contribution in [-0.4, -0.2) is 18.4 Å². The first-order valence-corrected chi connectivity index (χ1v) is 7.91. The van der Waals surface area contributed by atoms with Crippen LogP contribution in [-0.2, 0) is 9.59 Å². The van der Waals surface area contributed by atoms with Crippen molar-refractivity contribution in [3.05, 3.63) is 59.7 Å². The van der Waals surface area contributed by atoms with E-state index in [2.05, 4.69) is 5.32 Å². The molecule has 2 amide bonds. The molecule has 0 aliphatic heterocycles. The van der Waals surface area contributed by atoms with E-state index in [9.17, 15) is 18.4 Å². The van der Waals surface area contributed by atoms with Crippen LogP contribution >= 0.6 is 0 Å². The van der Waals surface area contributed by atoms with E-state index in [1.807, 2.05) is 26.0 Å². The number of amides is 2. The Kier molecular flexibility index (Phi) is 5.85. The quantitative estimate of drug-likeness (QED) is 0.887. The molecule has 0 unspecified atom stereocenters. The van der Waals surface area contributed by atoms with Crippen LogP contribution in [0, 0.1) is 11.6 Å². The molecule has 132 valence electrons. The molecule has 0 saturated carbocycles. The molecule has 0 heterocycles. The molecule has 1 N–H and O–H groups in total. The van der Waals surface area contributed by atoms with Gasteiger partial charge in [0.15, 0.2) is 11.6 Å². The lowest BCUT2D eigenvalue weighted by atomic mass is 10.0. The van der Waals surface area contributed by atoms with E-state index in [0.717, 1.165) is 22.6 Å². The van der Waals surface area contributed by atoms with Crippen molar-refractivity contribution >= 4 is 23.2 Å². The van der Waals surface area contributed by atoms with E-state index in [1.54, 1.807) is 12.1 Å². The highest BCUT2D eigenvalue weighted by atomic mass is 19.2. The monoisotopic (exact) mass is 346 g/mol.